The van der Waals surface area contributed by atoms with Crippen molar-refractivity contribution in [2.45, 2.75) is 40.2 Å². The lowest BCUT2D eigenvalue weighted by Gasteiger charge is -2.13. The molecule has 0 spiro atoms. The highest BCUT2D eigenvalue weighted by Gasteiger charge is 2.11. The number of aliphatic carboxylic acids is 1. The lowest BCUT2D eigenvalue weighted by molar-refractivity contribution is -0.137. The van der Waals surface area contributed by atoms with Crippen LogP contribution >= 0.6 is 0 Å². The Labute approximate surface area is 206 Å². The zero-order valence-electron chi connectivity index (χ0n) is 20.5. The van der Waals surface area contributed by atoms with E-state index in [1.165, 1.54) is 0 Å². The van der Waals surface area contributed by atoms with Gasteiger partial charge in [0.15, 0.2) is 0 Å². The number of amides is 1. The Morgan fingerprint density at radius 1 is 1.11 bits per heavy atom. The van der Waals surface area contributed by atoms with Crippen LogP contribution < -0.4 is 15.4 Å². The van der Waals surface area contributed by atoms with Crippen molar-refractivity contribution in [1.82, 2.24) is 10.6 Å². The van der Waals surface area contributed by atoms with Gasteiger partial charge in [0.05, 0.1) is 12.0 Å². The molecule has 0 saturated heterocycles. The average molecular weight is 479 g/mol. The Bertz CT molecular complexity index is 1090. The Morgan fingerprint density at radius 3 is 2.57 bits per heavy atom. The highest BCUT2D eigenvalue weighted by molar-refractivity contribution is 5.92. The fraction of sp³-hybridized carbons (Fsp3) is 0.286. The molecule has 186 valence electrons. The number of aliphatic hydroxyl groups excluding tert-OH is 1. The molecule has 7 nitrogen and oxygen atoms in total. The lowest BCUT2D eigenvalue weighted by atomic mass is 10.0. The molecule has 0 radical (unpaired) electrons. The van der Waals surface area contributed by atoms with Crippen LogP contribution in [-0.4, -0.2) is 28.6 Å². The largest absolute Gasteiger partial charge is 0.516 e. The highest BCUT2D eigenvalue weighted by atomic mass is 16.5. The molecule has 0 aliphatic carbocycles. The van der Waals surface area contributed by atoms with Crippen molar-refractivity contribution in [2.75, 3.05) is 6.54 Å². The van der Waals surface area contributed by atoms with Crippen molar-refractivity contribution >= 4 is 11.9 Å². The van der Waals surface area contributed by atoms with E-state index in [9.17, 15) is 9.59 Å². The number of benzene rings is 2. The Kier molecular flexibility index (Phi) is 11.1. The van der Waals surface area contributed by atoms with E-state index in [1.807, 2.05) is 75.4 Å². The molecule has 0 fully saturated rings. The smallest absolute Gasteiger partial charge is 0.303 e. The van der Waals surface area contributed by atoms with Gasteiger partial charge in [-0.1, -0.05) is 37.3 Å². The molecule has 4 N–H and O–H groups in total. The van der Waals surface area contributed by atoms with Gasteiger partial charge in [-0.2, -0.15) is 0 Å². The fourth-order valence-corrected chi connectivity index (χ4v) is 3.34. The van der Waals surface area contributed by atoms with Crippen molar-refractivity contribution < 1.29 is 24.5 Å². The van der Waals surface area contributed by atoms with Gasteiger partial charge in [0.2, 0.25) is 0 Å². The van der Waals surface area contributed by atoms with Gasteiger partial charge < -0.3 is 25.6 Å². The number of hydrogen-bond donors (Lipinski definition) is 4. The molecule has 0 aliphatic rings. The van der Waals surface area contributed by atoms with Crippen LogP contribution in [0.5, 0.6) is 11.5 Å². The molecule has 2 aromatic rings. The first-order valence-electron chi connectivity index (χ1n) is 11.6. The van der Waals surface area contributed by atoms with Gasteiger partial charge in [-0.3, -0.25) is 9.59 Å². The molecular formula is C28H34N2O5. The molecule has 7 heteroatoms. The molecule has 1 unspecified atom stereocenters. The maximum Gasteiger partial charge on any atom is 0.303 e. The monoisotopic (exact) mass is 478 g/mol. The minimum absolute atomic E-state index is 0.0909. The van der Waals surface area contributed by atoms with E-state index < -0.39 is 5.97 Å². The average Bonchev–Trinajstić information content (AvgIpc) is 2.82. The second kappa shape index (κ2) is 14.3. The summed E-state index contributed by atoms with van der Waals surface area (Å²) in [5.74, 6) is 0.118. The summed E-state index contributed by atoms with van der Waals surface area (Å²) in [5, 5.41) is 23.9. The number of carboxylic acids is 1. The topological polar surface area (TPSA) is 108 Å². The molecule has 1 atom stereocenters. The summed E-state index contributed by atoms with van der Waals surface area (Å²) in [5.41, 5.74) is 3.26. The van der Waals surface area contributed by atoms with Crippen molar-refractivity contribution in [3.8, 4) is 11.5 Å². The molecule has 0 bridgehead atoms. The Morgan fingerprint density at radius 2 is 1.89 bits per heavy atom. The van der Waals surface area contributed by atoms with E-state index >= 15 is 0 Å². The standard InChI is InChI=1S/C28H34N2O5/c1-4-5-14-29-26(16-20(2)13-15-31)28(34)30-19-22-7-6-8-24(18-22)35-25-11-9-23(21(3)17-25)10-12-27(32)33/h4-9,11,13,15-18,20,29,31H,10,12,14,19H2,1-3H3,(H,30,34)(H,32,33)/b5-4-,15-13+,26-16-. The fourth-order valence-electron chi connectivity index (χ4n) is 3.34. The van der Waals surface area contributed by atoms with Crippen molar-refractivity contribution in [2.24, 2.45) is 5.92 Å². The molecule has 1 amide bonds. The van der Waals surface area contributed by atoms with Gasteiger partial charge in [-0.05, 0) is 79.3 Å². The predicted molar refractivity (Wildman–Crippen MR) is 137 cm³/mol. The van der Waals surface area contributed by atoms with E-state index in [-0.39, 0.29) is 18.2 Å². The summed E-state index contributed by atoms with van der Waals surface area (Å²) in [6.45, 7) is 6.55. The second-order valence-corrected chi connectivity index (χ2v) is 8.15. The summed E-state index contributed by atoms with van der Waals surface area (Å²) in [6, 6.07) is 13.1. The first-order chi connectivity index (χ1) is 16.8. The zero-order chi connectivity index (χ0) is 25.6. The normalized spacial score (nSPS) is 12.6. The van der Waals surface area contributed by atoms with Crippen LogP contribution in [0.15, 0.2) is 78.7 Å². The van der Waals surface area contributed by atoms with Crippen LogP contribution in [0.3, 0.4) is 0 Å². The Hall–Kier alpha value is -4.00. The van der Waals surface area contributed by atoms with E-state index in [2.05, 4.69) is 10.6 Å². The maximum atomic E-state index is 12.8. The first kappa shape index (κ1) is 27.2. The van der Waals surface area contributed by atoms with Gasteiger partial charge >= 0.3 is 5.97 Å². The number of rotatable bonds is 13. The summed E-state index contributed by atoms with van der Waals surface area (Å²) >= 11 is 0. The number of allylic oxidation sites excluding steroid dienone is 3. The van der Waals surface area contributed by atoms with Gasteiger partial charge in [0.25, 0.3) is 5.91 Å². The number of nitrogens with one attached hydrogen (secondary N) is 2. The number of carboxylic acid groups (broad SMARTS) is 1. The van der Waals surface area contributed by atoms with Crippen molar-refractivity contribution in [3.05, 3.63) is 95.4 Å². The van der Waals surface area contributed by atoms with E-state index in [1.54, 1.807) is 12.2 Å². The third-order valence-corrected chi connectivity index (χ3v) is 5.22. The highest BCUT2D eigenvalue weighted by Crippen LogP contribution is 2.25. The molecule has 0 saturated carbocycles. The number of aliphatic hydroxyl groups is 1. The van der Waals surface area contributed by atoms with Gasteiger partial charge in [0.1, 0.15) is 11.5 Å². The molecule has 0 aromatic heterocycles. The van der Waals surface area contributed by atoms with E-state index in [0.29, 0.717) is 36.7 Å². The number of ether oxygens (including phenoxy) is 1. The van der Waals surface area contributed by atoms with Crippen LogP contribution in [0.1, 0.15) is 37.0 Å². The molecule has 0 heterocycles. The summed E-state index contributed by atoms with van der Waals surface area (Å²) in [4.78, 5) is 23.6. The quantitative estimate of drug-likeness (QED) is 0.180. The number of carbonyl (C=O) groups is 2. The van der Waals surface area contributed by atoms with Crippen LogP contribution in [0.4, 0.5) is 0 Å². The van der Waals surface area contributed by atoms with Crippen molar-refractivity contribution in [1.29, 1.82) is 0 Å². The van der Waals surface area contributed by atoms with Crippen molar-refractivity contribution in [3.63, 3.8) is 0 Å². The number of aryl methyl sites for hydroxylation is 2. The molecule has 0 aliphatic heterocycles. The molecule has 2 aromatic carbocycles. The summed E-state index contributed by atoms with van der Waals surface area (Å²) in [6.07, 6.45) is 8.70. The van der Waals surface area contributed by atoms with E-state index in [0.717, 1.165) is 23.0 Å². The SMILES string of the molecule is C/C=C\CN/C(=C\C(C)/C=C/O)C(=O)NCc1cccc(Oc2ccc(CCC(=O)O)c(C)c2)c1. The molecule has 35 heavy (non-hydrogen) atoms. The van der Waals surface area contributed by atoms with E-state index in [4.69, 9.17) is 14.9 Å². The second-order valence-electron chi connectivity index (χ2n) is 8.15. The van der Waals surface area contributed by atoms with Crippen LogP contribution in [0.2, 0.25) is 0 Å². The maximum absolute atomic E-state index is 12.8. The minimum Gasteiger partial charge on any atom is -0.516 e. The summed E-state index contributed by atoms with van der Waals surface area (Å²) < 4.78 is 5.99. The van der Waals surface area contributed by atoms with Crippen LogP contribution in [0.25, 0.3) is 0 Å². The van der Waals surface area contributed by atoms with Gasteiger partial charge in [-0.25, -0.2) is 0 Å². The summed E-state index contributed by atoms with van der Waals surface area (Å²) in [7, 11) is 0. The predicted octanol–water partition coefficient (Wildman–Crippen LogP) is 5.18. The zero-order valence-corrected chi connectivity index (χ0v) is 20.5. The lowest BCUT2D eigenvalue weighted by Crippen LogP contribution is -2.32. The minimum atomic E-state index is -0.818. The van der Waals surface area contributed by atoms with Crippen LogP contribution in [-0.2, 0) is 22.6 Å². The Balaban J connectivity index is 2.03. The van der Waals surface area contributed by atoms with Gasteiger partial charge in [-0.15, -0.1) is 0 Å². The van der Waals surface area contributed by atoms with Crippen LogP contribution in [0, 0.1) is 12.8 Å². The first-order valence-corrected chi connectivity index (χ1v) is 11.6. The third-order valence-electron chi connectivity index (χ3n) is 5.22. The molecule has 2 rings (SSSR count). The number of carbonyl (C=O) groups excluding carboxylic acids is 1. The number of hydrogen-bond acceptors (Lipinski definition) is 5. The third kappa shape index (κ3) is 9.80. The molecular weight excluding hydrogens is 444 g/mol. The van der Waals surface area contributed by atoms with Gasteiger partial charge in [0, 0.05) is 19.5 Å².